The van der Waals surface area contributed by atoms with Crippen molar-refractivity contribution in [2.45, 2.75) is 25.8 Å². The molecule has 2 aromatic rings. The molecule has 1 aliphatic heterocycles. The summed E-state index contributed by atoms with van der Waals surface area (Å²) in [5.41, 5.74) is 5.73. The van der Waals surface area contributed by atoms with E-state index in [0.717, 1.165) is 12.1 Å². The number of carbonyl (C=O) groups excluding carboxylic acids is 1. The number of nitrogens with one attached hydrogen (secondary N) is 1. The molecular weight excluding hydrogens is 348 g/mol. The fourth-order valence-electron chi connectivity index (χ4n) is 4.01. The van der Waals surface area contributed by atoms with Gasteiger partial charge in [-0.3, -0.25) is 0 Å². The maximum Gasteiger partial charge on any atom is 0.322 e. The van der Waals surface area contributed by atoms with Crippen molar-refractivity contribution in [2.75, 3.05) is 23.4 Å². The van der Waals surface area contributed by atoms with E-state index >= 15 is 0 Å². The molecule has 1 unspecified atom stereocenters. The normalized spacial score (nSPS) is 19.7. The molecule has 6 heteroatoms. The van der Waals surface area contributed by atoms with E-state index in [-0.39, 0.29) is 23.6 Å². The molecule has 1 N–H and O–H groups in total. The average Bonchev–Trinajstić information content (AvgIpc) is 3.15. The highest BCUT2D eigenvalue weighted by atomic mass is 32.2. The maximum atomic E-state index is 12.7. The molecule has 1 saturated heterocycles. The van der Waals surface area contributed by atoms with Crippen LogP contribution in [-0.2, 0) is 16.3 Å². The number of hydrogen-bond acceptors (Lipinski definition) is 3. The molecule has 0 spiro atoms. The maximum absolute atomic E-state index is 12.7. The van der Waals surface area contributed by atoms with Crippen molar-refractivity contribution < 1.29 is 13.2 Å². The summed E-state index contributed by atoms with van der Waals surface area (Å²) in [4.78, 5) is 14.3. The second-order valence-corrected chi connectivity index (χ2v) is 9.21. The molecule has 2 aliphatic rings. The molecule has 2 aromatic carbocycles. The van der Waals surface area contributed by atoms with Crippen molar-refractivity contribution >= 4 is 21.6 Å². The van der Waals surface area contributed by atoms with E-state index in [1.807, 2.05) is 37.3 Å². The van der Waals surface area contributed by atoms with E-state index in [0.29, 0.717) is 13.0 Å². The number of benzene rings is 2. The summed E-state index contributed by atoms with van der Waals surface area (Å²) in [6.07, 6.45) is 1.39. The zero-order valence-corrected chi connectivity index (χ0v) is 15.6. The summed E-state index contributed by atoms with van der Waals surface area (Å²) in [5, 5.41) is 2.95. The Balaban J connectivity index is 1.51. The summed E-state index contributed by atoms with van der Waals surface area (Å²) >= 11 is 0. The van der Waals surface area contributed by atoms with Crippen LogP contribution in [0.5, 0.6) is 0 Å². The zero-order valence-electron chi connectivity index (χ0n) is 14.7. The van der Waals surface area contributed by atoms with Crippen LogP contribution in [0.3, 0.4) is 0 Å². The Morgan fingerprint density at radius 2 is 1.92 bits per heavy atom. The van der Waals surface area contributed by atoms with Crippen LogP contribution < -0.4 is 5.32 Å². The molecule has 2 amide bonds. The van der Waals surface area contributed by atoms with Crippen molar-refractivity contribution in [2.24, 2.45) is 0 Å². The third-order valence-corrected chi connectivity index (χ3v) is 7.05. The van der Waals surface area contributed by atoms with Crippen LogP contribution in [0.15, 0.2) is 42.5 Å². The van der Waals surface area contributed by atoms with Crippen LogP contribution in [0.1, 0.15) is 24.5 Å². The van der Waals surface area contributed by atoms with Crippen LogP contribution in [0.25, 0.3) is 11.1 Å². The zero-order chi connectivity index (χ0) is 18.3. The Morgan fingerprint density at radius 1 is 1.15 bits per heavy atom. The summed E-state index contributed by atoms with van der Waals surface area (Å²) in [6, 6.07) is 13.9. The lowest BCUT2D eigenvalue weighted by atomic mass is 10.1. The number of nitrogens with zero attached hydrogens (tertiary/aromatic N) is 1. The van der Waals surface area contributed by atoms with Gasteiger partial charge in [-0.05, 0) is 54.2 Å². The van der Waals surface area contributed by atoms with Gasteiger partial charge in [-0.2, -0.15) is 0 Å². The Labute approximate surface area is 153 Å². The van der Waals surface area contributed by atoms with Gasteiger partial charge in [-0.1, -0.05) is 30.3 Å². The fraction of sp³-hybridized carbons (Fsp3) is 0.350. The van der Waals surface area contributed by atoms with Crippen molar-refractivity contribution in [3.05, 3.63) is 53.6 Å². The quantitative estimate of drug-likeness (QED) is 0.769. The van der Waals surface area contributed by atoms with E-state index in [2.05, 4.69) is 17.4 Å². The average molecular weight is 370 g/mol. The highest BCUT2D eigenvalue weighted by molar-refractivity contribution is 7.91. The van der Waals surface area contributed by atoms with Gasteiger partial charge >= 0.3 is 6.03 Å². The molecule has 26 heavy (non-hydrogen) atoms. The van der Waals surface area contributed by atoms with Gasteiger partial charge in [0.15, 0.2) is 9.84 Å². The third-order valence-electron chi connectivity index (χ3n) is 5.30. The number of sulfone groups is 1. The molecule has 1 aliphatic carbocycles. The standard InChI is InChI=1S/C20H22N2O3S/c1-2-22(17-9-10-26(24,25)13-17)20(23)21-16-7-8-19-15(12-16)11-14-5-3-4-6-18(14)19/h3-8,12,17H,2,9-11,13H2,1H3,(H,21,23). The van der Waals surface area contributed by atoms with Gasteiger partial charge in [0.1, 0.15) is 0 Å². The molecular formula is C20H22N2O3S. The first-order chi connectivity index (χ1) is 12.5. The van der Waals surface area contributed by atoms with Gasteiger partial charge in [-0.25, -0.2) is 13.2 Å². The minimum atomic E-state index is -3.02. The first kappa shape index (κ1) is 17.1. The van der Waals surface area contributed by atoms with Crippen LogP contribution in [-0.4, -0.2) is 43.4 Å². The largest absolute Gasteiger partial charge is 0.322 e. The van der Waals surface area contributed by atoms with Crippen molar-refractivity contribution in [3.8, 4) is 11.1 Å². The van der Waals surface area contributed by atoms with E-state index in [4.69, 9.17) is 0 Å². The lowest BCUT2D eigenvalue weighted by molar-refractivity contribution is 0.197. The minimum Gasteiger partial charge on any atom is -0.321 e. The molecule has 0 saturated carbocycles. The molecule has 0 radical (unpaired) electrons. The predicted molar refractivity (Wildman–Crippen MR) is 103 cm³/mol. The highest BCUT2D eigenvalue weighted by Gasteiger charge is 2.34. The number of urea groups is 1. The minimum absolute atomic E-state index is 0.0633. The lowest BCUT2D eigenvalue weighted by Gasteiger charge is -2.27. The Kier molecular flexibility index (Phi) is 4.23. The Bertz CT molecular complexity index is 969. The topological polar surface area (TPSA) is 66.5 Å². The fourth-order valence-corrected chi connectivity index (χ4v) is 5.74. The predicted octanol–water partition coefficient (Wildman–Crippen LogP) is 3.30. The molecule has 0 aromatic heterocycles. The molecule has 1 fully saturated rings. The molecule has 4 rings (SSSR count). The van der Waals surface area contributed by atoms with Gasteiger partial charge in [-0.15, -0.1) is 0 Å². The van der Waals surface area contributed by atoms with Crippen molar-refractivity contribution in [1.82, 2.24) is 4.90 Å². The Morgan fingerprint density at radius 3 is 2.65 bits per heavy atom. The van der Waals surface area contributed by atoms with Crippen LogP contribution in [0, 0.1) is 0 Å². The van der Waals surface area contributed by atoms with Gasteiger partial charge in [0.2, 0.25) is 0 Å². The monoisotopic (exact) mass is 370 g/mol. The van der Waals surface area contributed by atoms with Crippen LogP contribution in [0.4, 0.5) is 10.5 Å². The summed E-state index contributed by atoms with van der Waals surface area (Å²) in [6.45, 7) is 2.37. The van der Waals surface area contributed by atoms with Crippen LogP contribution in [0.2, 0.25) is 0 Å². The molecule has 5 nitrogen and oxygen atoms in total. The number of amides is 2. The molecule has 1 atom stereocenters. The van der Waals surface area contributed by atoms with Gasteiger partial charge in [0.05, 0.1) is 11.5 Å². The lowest BCUT2D eigenvalue weighted by Crippen LogP contribution is -2.43. The summed E-state index contributed by atoms with van der Waals surface area (Å²) in [7, 11) is -3.02. The second-order valence-electron chi connectivity index (χ2n) is 6.98. The van der Waals surface area contributed by atoms with Gasteiger partial charge in [0.25, 0.3) is 0 Å². The number of anilines is 1. The van der Waals surface area contributed by atoms with Crippen LogP contribution >= 0.6 is 0 Å². The first-order valence-corrected chi connectivity index (χ1v) is 10.8. The Hall–Kier alpha value is -2.34. The third kappa shape index (κ3) is 3.09. The summed E-state index contributed by atoms with van der Waals surface area (Å²) in [5.74, 6) is 0.228. The smallest absolute Gasteiger partial charge is 0.321 e. The van der Waals surface area contributed by atoms with E-state index in [1.54, 1.807) is 4.90 Å². The summed E-state index contributed by atoms with van der Waals surface area (Å²) < 4.78 is 23.4. The number of hydrogen-bond donors (Lipinski definition) is 1. The number of fused-ring (bicyclic) bond motifs is 3. The molecule has 0 bridgehead atoms. The van der Waals surface area contributed by atoms with E-state index < -0.39 is 9.84 Å². The highest BCUT2D eigenvalue weighted by Crippen LogP contribution is 2.37. The van der Waals surface area contributed by atoms with Crippen molar-refractivity contribution in [1.29, 1.82) is 0 Å². The van der Waals surface area contributed by atoms with E-state index in [1.165, 1.54) is 22.3 Å². The number of carbonyl (C=O) groups is 1. The SMILES string of the molecule is CCN(C(=O)Nc1ccc2c(c1)Cc1ccccc1-2)C1CCS(=O)(=O)C1. The van der Waals surface area contributed by atoms with Gasteiger partial charge < -0.3 is 10.2 Å². The van der Waals surface area contributed by atoms with Gasteiger partial charge in [0, 0.05) is 18.3 Å². The second kappa shape index (κ2) is 6.43. The molecule has 1 heterocycles. The number of rotatable bonds is 3. The van der Waals surface area contributed by atoms with Crippen molar-refractivity contribution in [3.63, 3.8) is 0 Å². The first-order valence-electron chi connectivity index (χ1n) is 8.96. The molecule has 136 valence electrons. The van der Waals surface area contributed by atoms with E-state index in [9.17, 15) is 13.2 Å².